The summed E-state index contributed by atoms with van der Waals surface area (Å²) in [6.07, 6.45) is 2.75. The van der Waals surface area contributed by atoms with E-state index >= 15 is 0 Å². The van der Waals surface area contributed by atoms with Crippen molar-refractivity contribution >= 4 is 11.9 Å². The molecule has 5 nitrogen and oxygen atoms in total. The first-order valence-electron chi connectivity index (χ1n) is 6.80. The van der Waals surface area contributed by atoms with E-state index in [1.165, 1.54) is 6.42 Å². The molecule has 1 aliphatic rings. The van der Waals surface area contributed by atoms with Gasteiger partial charge in [0.05, 0.1) is 5.84 Å². The third kappa shape index (κ3) is 4.20. The van der Waals surface area contributed by atoms with Crippen molar-refractivity contribution in [3.63, 3.8) is 0 Å². The van der Waals surface area contributed by atoms with Crippen LogP contribution in [0.3, 0.4) is 0 Å². The number of likely N-dealkylation sites (tertiary alicyclic amines) is 1. The Morgan fingerprint density at radius 1 is 1.56 bits per heavy atom. The highest BCUT2D eigenvalue weighted by Crippen LogP contribution is 2.17. The summed E-state index contributed by atoms with van der Waals surface area (Å²) in [5.41, 5.74) is 5.37. The molecule has 1 saturated heterocycles. The molecule has 0 bridgehead atoms. The molecule has 1 rings (SSSR count). The van der Waals surface area contributed by atoms with Crippen molar-refractivity contribution in [1.29, 1.82) is 5.41 Å². The van der Waals surface area contributed by atoms with Gasteiger partial charge in [0.15, 0.2) is 0 Å². The third-order valence-corrected chi connectivity index (χ3v) is 3.42. The van der Waals surface area contributed by atoms with Crippen LogP contribution in [0.4, 0.5) is 4.79 Å². The van der Waals surface area contributed by atoms with Crippen molar-refractivity contribution in [2.45, 2.75) is 46.1 Å². The fourth-order valence-electron chi connectivity index (χ4n) is 2.36. The van der Waals surface area contributed by atoms with Crippen LogP contribution in [0.5, 0.6) is 0 Å². The zero-order valence-corrected chi connectivity index (χ0v) is 11.8. The van der Waals surface area contributed by atoms with Crippen molar-refractivity contribution in [3.05, 3.63) is 0 Å². The second-order valence-corrected chi connectivity index (χ2v) is 5.54. The Kier molecular flexibility index (Phi) is 5.44. The van der Waals surface area contributed by atoms with E-state index in [1.54, 1.807) is 0 Å². The van der Waals surface area contributed by atoms with E-state index in [2.05, 4.69) is 6.92 Å². The highest BCUT2D eigenvalue weighted by Gasteiger charge is 2.26. The molecule has 1 fully saturated rings. The molecular weight excluding hydrogens is 228 g/mol. The molecule has 0 aliphatic carbocycles. The van der Waals surface area contributed by atoms with Gasteiger partial charge in [-0.3, -0.25) is 5.41 Å². The number of carbonyl (C=O) groups excluding carboxylic acids is 1. The van der Waals surface area contributed by atoms with Crippen LogP contribution in [0, 0.1) is 11.3 Å². The van der Waals surface area contributed by atoms with Gasteiger partial charge >= 0.3 is 6.03 Å². The second-order valence-electron chi connectivity index (χ2n) is 5.54. The normalized spacial score (nSPS) is 20.0. The summed E-state index contributed by atoms with van der Waals surface area (Å²) in [5.74, 6) is 0.727. The lowest BCUT2D eigenvalue weighted by molar-refractivity contribution is 0.121. The minimum Gasteiger partial charge on any atom is -0.388 e. The van der Waals surface area contributed by atoms with E-state index in [0.29, 0.717) is 18.9 Å². The van der Waals surface area contributed by atoms with Gasteiger partial charge in [-0.05, 0) is 32.6 Å². The van der Waals surface area contributed by atoms with Crippen LogP contribution in [-0.4, -0.2) is 47.3 Å². The van der Waals surface area contributed by atoms with Gasteiger partial charge in [-0.25, -0.2) is 4.79 Å². The van der Waals surface area contributed by atoms with E-state index in [0.717, 1.165) is 19.5 Å². The van der Waals surface area contributed by atoms with Gasteiger partial charge in [0.1, 0.15) is 0 Å². The van der Waals surface area contributed by atoms with Crippen LogP contribution >= 0.6 is 0 Å². The molecule has 0 aromatic carbocycles. The summed E-state index contributed by atoms with van der Waals surface area (Å²) in [4.78, 5) is 16.2. The van der Waals surface area contributed by atoms with Gasteiger partial charge in [-0.2, -0.15) is 0 Å². The Bertz CT molecular complexity index is 303. The molecule has 104 valence electrons. The summed E-state index contributed by atoms with van der Waals surface area (Å²) >= 11 is 0. The number of amides is 2. The maximum Gasteiger partial charge on any atom is 0.320 e. The van der Waals surface area contributed by atoms with Crippen molar-refractivity contribution in [1.82, 2.24) is 9.80 Å². The number of nitrogens with zero attached hydrogens (tertiary/aromatic N) is 2. The zero-order valence-electron chi connectivity index (χ0n) is 11.8. The van der Waals surface area contributed by atoms with Crippen LogP contribution < -0.4 is 5.73 Å². The SMILES string of the molecule is CC1CCCN(C(=O)N(CCC(=N)N)C(C)C)C1. The number of carbonyl (C=O) groups is 1. The number of rotatable bonds is 4. The Hall–Kier alpha value is -1.26. The van der Waals surface area contributed by atoms with Gasteiger partial charge in [0, 0.05) is 32.1 Å². The van der Waals surface area contributed by atoms with Crippen molar-refractivity contribution in [2.75, 3.05) is 19.6 Å². The fourth-order valence-corrected chi connectivity index (χ4v) is 2.36. The number of piperidine rings is 1. The monoisotopic (exact) mass is 254 g/mol. The van der Waals surface area contributed by atoms with Crippen LogP contribution in [0.25, 0.3) is 0 Å². The molecule has 3 N–H and O–H groups in total. The number of nitrogens with one attached hydrogen (secondary N) is 1. The number of hydrogen-bond donors (Lipinski definition) is 2. The molecule has 18 heavy (non-hydrogen) atoms. The van der Waals surface area contributed by atoms with Gasteiger partial charge in [-0.1, -0.05) is 6.92 Å². The summed E-state index contributed by atoms with van der Waals surface area (Å²) < 4.78 is 0. The minimum absolute atomic E-state index is 0.0952. The van der Waals surface area contributed by atoms with E-state index in [9.17, 15) is 4.79 Å². The first kappa shape index (κ1) is 14.8. The standard InChI is InChI=1S/C13H26N4O/c1-10(2)17(8-6-12(14)15)13(18)16-7-4-5-11(3)9-16/h10-11H,4-9H2,1-3H3,(H3,14,15). The summed E-state index contributed by atoms with van der Waals surface area (Å²) in [5, 5.41) is 7.27. The van der Waals surface area contributed by atoms with Crippen molar-refractivity contribution in [2.24, 2.45) is 11.7 Å². The smallest absolute Gasteiger partial charge is 0.320 e. The molecule has 1 heterocycles. The lowest BCUT2D eigenvalue weighted by atomic mass is 10.0. The van der Waals surface area contributed by atoms with E-state index in [1.807, 2.05) is 23.6 Å². The van der Waals surface area contributed by atoms with Crippen LogP contribution in [0.1, 0.15) is 40.0 Å². The zero-order chi connectivity index (χ0) is 13.7. The van der Waals surface area contributed by atoms with Gasteiger partial charge in [0.2, 0.25) is 0 Å². The lowest BCUT2D eigenvalue weighted by Gasteiger charge is -2.37. The maximum atomic E-state index is 12.4. The third-order valence-electron chi connectivity index (χ3n) is 3.42. The summed E-state index contributed by atoms with van der Waals surface area (Å²) in [7, 11) is 0. The molecule has 0 aromatic rings. The maximum absolute atomic E-state index is 12.4. The molecule has 1 unspecified atom stereocenters. The molecule has 5 heteroatoms. The molecule has 1 atom stereocenters. The summed E-state index contributed by atoms with van der Waals surface area (Å²) in [6, 6.07) is 0.242. The van der Waals surface area contributed by atoms with Gasteiger partial charge in [-0.15, -0.1) is 0 Å². The molecule has 2 amide bonds. The first-order valence-corrected chi connectivity index (χ1v) is 6.80. The molecule has 0 aromatic heterocycles. The highest BCUT2D eigenvalue weighted by atomic mass is 16.2. The molecule has 0 radical (unpaired) electrons. The van der Waals surface area contributed by atoms with E-state index in [-0.39, 0.29) is 17.9 Å². The lowest BCUT2D eigenvalue weighted by Crippen LogP contribution is -2.50. The number of amidine groups is 1. The predicted molar refractivity (Wildman–Crippen MR) is 73.7 cm³/mol. The first-order chi connectivity index (χ1) is 8.41. The van der Waals surface area contributed by atoms with Crippen molar-refractivity contribution < 1.29 is 4.79 Å². The average Bonchev–Trinajstić information content (AvgIpc) is 2.28. The predicted octanol–water partition coefficient (Wildman–Crippen LogP) is 1.87. The Balaban J connectivity index is 2.60. The highest BCUT2D eigenvalue weighted by molar-refractivity contribution is 5.79. The largest absolute Gasteiger partial charge is 0.388 e. The quantitative estimate of drug-likeness (QED) is 0.594. The van der Waals surface area contributed by atoms with Crippen LogP contribution in [0.15, 0.2) is 0 Å². The molecule has 0 spiro atoms. The van der Waals surface area contributed by atoms with E-state index < -0.39 is 0 Å². The fraction of sp³-hybridized carbons (Fsp3) is 0.846. The Morgan fingerprint density at radius 3 is 2.72 bits per heavy atom. The van der Waals surface area contributed by atoms with Gasteiger partial charge in [0.25, 0.3) is 0 Å². The molecule has 0 saturated carbocycles. The van der Waals surface area contributed by atoms with Gasteiger partial charge < -0.3 is 15.5 Å². The minimum atomic E-state index is 0.0952. The summed E-state index contributed by atoms with van der Waals surface area (Å²) in [6.45, 7) is 8.44. The van der Waals surface area contributed by atoms with Crippen LogP contribution in [-0.2, 0) is 0 Å². The number of hydrogen-bond acceptors (Lipinski definition) is 2. The average molecular weight is 254 g/mol. The van der Waals surface area contributed by atoms with Crippen molar-refractivity contribution in [3.8, 4) is 0 Å². The topological polar surface area (TPSA) is 73.4 Å². The second kappa shape index (κ2) is 6.61. The Labute approximate surface area is 110 Å². The van der Waals surface area contributed by atoms with E-state index in [4.69, 9.17) is 11.1 Å². The number of nitrogens with two attached hydrogens (primary N) is 1. The molecular formula is C13H26N4O. The number of urea groups is 1. The molecule has 1 aliphatic heterocycles. The Morgan fingerprint density at radius 2 is 2.22 bits per heavy atom. The van der Waals surface area contributed by atoms with Crippen LogP contribution in [0.2, 0.25) is 0 Å².